The average Bonchev–Trinajstić information content (AvgIpc) is 2.50. The van der Waals surface area contributed by atoms with Gasteiger partial charge >= 0.3 is 0 Å². The molecule has 0 aliphatic rings. The van der Waals surface area contributed by atoms with Crippen LogP contribution in [0.1, 0.15) is 76.3 Å². The molecule has 1 rings (SSSR count). The molecule has 0 saturated carbocycles. The molecule has 0 aromatic heterocycles. The van der Waals surface area contributed by atoms with Crippen molar-refractivity contribution < 1.29 is 0 Å². The van der Waals surface area contributed by atoms with Crippen LogP contribution in [0, 0.1) is 0 Å². The van der Waals surface area contributed by atoms with E-state index in [2.05, 4.69) is 37.4 Å². The van der Waals surface area contributed by atoms with Crippen LogP contribution >= 0.6 is 11.8 Å². The molecule has 0 fully saturated rings. The van der Waals surface area contributed by atoms with Crippen molar-refractivity contribution in [1.29, 1.82) is 0 Å². The van der Waals surface area contributed by atoms with E-state index in [-0.39, 0.29) is 6.04 Å². The molecule has 2 heteroatoms. The van der Waals surface area contributed by atoms with Gasteiger partial charge in [-0.05, 0) is 30.4 Å². The highest BCUT2D eigenvalue weighted by Crippen LogP contribution is 2.21. The fourth-order valence-corrected chi connectivity index (χ4v) is 2.92. The molecule has 1 nitrogen and oxygen atoms in total. The van der Waals surface area contributed by atoms with Crippen LogP contribution in [0.15, 0.2) is 29.2 Å². The average molecular weight is 294 g/mol. The normalized spacial score (nSPS) is 12.6. The van der Waals surface area contributed by atoms with E-state index in [4.69, 9.17) is 5.73 Å². The highest BCUT2D eigenvalue weighted by Gasteiger charge is 2.05. The molecule has 0 aliphatic heterocycles. The van der Waals surface area contributed by atoms with Crippen LogP contribution in [0.5, 0.6) is 0 Å². The van der Waals surface area contributed by atoms with Crippen LogP contribution in [0.25, 0.3) is 0 Å². The minimum Gasteiger partial charge on any atom is -0.324 e. The SMILES string of the molecule is CCCCCCCCCCC(N)c1ccc(SC)cc1. The van der Waals surface area contributed by atoms with Crippen molar-refractivity contribution in [3.63, 3.8) is 0 Å². The first-order valence-corrected chi connectivity index (χ1v) is 9.40. The summed E-state index contributed by atoms with van der Waals surface area (Å²) in [6, 6.07) is 8.93. The lowest BCUT2D eigenvalue weighted by molar-refractivity contribution is 0.536. The monoisotopic (exact) mass is 293 g/mol. The van der Waals surface area contributed by atoms with Crippen molar-refractivity contribution in [1.82, 2.24) is 0 Å². The first-order chi connectivity index (χ1) is 9.77. The van der Waals surface area contributed by atoms with Crippen LogP contribution in [0.4, 0.5) is 0 Å². The van der Waals surface area contributed by atoms with E-state index in [1.807, 2.05) is 0 Å². The summed E-state index contributed by atoms with van der Waals surface area (Å²) in [5, 5.41) is 0. The predicted octanol–water partition coefficient (Wildman–Crippen LogP) is 5.94. The van der Waals surface area contributed by atoms with Gasteiger partial charge in [-0.2, -0.15) is 0 Å². The fraction of sp³-hybridized carbons (Fsp3) is 0.667. The van der Waals surface area contributed by atoms with E-state index in [0.29, 0.717) is 0 Å². The summed E-state index contributed by atoms with van der Waals surface area (Å²) in [6.45, 7) is 2.27. The number of hydrogen-bond acceptors (Lipinski definition) is 2. The number of unbranched alkanes of at least 4 members (excludes halogenated alkanes) is 7. The first kappa shape index (κ1) is 17.6. The zero-order chi connectivity index (χ0) is 14.6. The third-order valence-corrected chi connectivity index (χ3v) is 4.66. The molecule has 1 atom stereocenters. The molecule has 0 radical (unpaired) electrons. The van der Waals surface area contributed by atoms with Gasteiger partial charge in [-0.15, -0.1) is 11.8 Å². The van der Waals surface area contributed by atoms with Gasteiger partial charge in [0, 0.05) is 10.9 Å². The van der Waals surface area contributed by atoms with E-state index in [0.717, 1.165) is 6.42 Å². The standard InChI is InChI=1S/C18H31NS/c1-3-4-5-6-7-8-9-10-11-18(19)16-12-14-17(20-2)15-13-16/h12-15,18H,3-11,19H2,1-2H3. The molecule has 1 aromatic rings. The van der Waals surface area contributed by atoms with Gasteiger partial charge in [0.1, 0.15) is 0 Å². The summed E-state index contributed by atoms with van der Waals surface area (Å²) in [7, 11) is 0. The van der Waals surface area contributed by atoms with Crippen molar-refractivity contribution in [2.75, 3.05) is 6.26 Å². The molecule has 0 saturated heterocycles. The Kier molecular flexibility index (Phi) is 9.86. The Hall–Kier alpha value is -0.470. The van der Waals surface area contributed by atoms with Crippen molar-refractivity contribution in [2.45, 2.75) is 75.6 Å². The Morgan fingerprint density at radius 1 is 0.900 bits per heavy atom. The summed E-state index contributed by atoms with van der Waals surface area (Å²) >= 11 is 1.78. The molecular formula is C18H31NS. The van der Waals surface area contributed by atoms with Crippen molar-refractivity contribution in [3.8, 4) is 0 Å². The van der Waals surface area contributed by atoms with Crippen molar-refractivity contribution in [2.24, 2.45) is 5.73 Å². The highest BCUT2D eigenvalue weighted by atomic mass is 32.2. The minimum absolute atomic E-state index is 0.214. The highest BCUT2D eigenvalue weighted by molar-refractivity contribution is 7.98. The largest absolute Gasteiger partial charge is 0.324 e. The third kappa shape index (κ3) is 7.35. The Morgan fingerprint density at radius 2 is 1.45 bits per heavy atom. The van der Waals surface area contributed by atoms with Crippen LogP contribution in [-0.2, 0) is 0 Å². The van der Waals surface area contributed by atoms with Gasteiger partial charge < -0.3 is 5.73 Å². The van der Waals surface area contributed by atoms with E-state index >= 15 is 0 Å². The Bertz CT molecular complexity index is 334. The Balaban J connectivity index is 2.08. The molecule has 0 heterocycles. The van der Waals surface area contributed by atoms with Gasteiger partial charge in [0.25, 0.3) is 0 Å². The zero-order valence-corrected chi connectivity index (χ0v) is 14.1. The predicted molar refractivity (Wildman–Crippen MR) is 92.4 cm³/mol. The van der Waals surface area contributed by atoms with Crippen LogP contribution in [-0.4, -0.2) is 6.26 Å². The van der Waals surface area contributed by atoms with Crippen molar-refractivity contribution >= 4 is 11.8 Å². The fourth-order valence-electron chi connectivity index (χ4n) is 2.52. The van der Waals surface area contributed by atoms with Crippen LogP contribution in [0.3, 0.4) is 0 Å². The quantitative estimate of drug-likeness (QED) is 0.403. The molecule has 114 valence electrons. The maximum Gasteiger partial charge on any atom is 0.0294 e. The lowest BCUT2D eigenvalue weighted by Gasteiger charge is -2.12. The number of thioether (sulfide) groups is 1. The number of rotatable bonds is 11. The smallest absolute Gasteiger partial charge is 0.0294 e. The summed E-state index contributed by atoms with van der Waals surface area (Å²) in [4.78, 5) is 1.31. The molecule has 0 spiro atoms. The maximum atomic E-state index is 6.26. The van der Waals surface area contributed by atoms with Crippen molar-refractivity contribution in [3.05, 3.63) is 29.8 Å². The number of benzene rings is 1. The second-order valence-corrected chi connectivity index (χ2v) is 6.52. The van der Waals surface area contributed by atoms with E-state index in [1.54, 1.807) is 11.8 Å². The molecule has 0 amide bonds. The van der Waals surface area contributed by atoms with Crippen LogP contribution in [0.2, 0.25) is 0 Å². The van der Waals surface area contributed by atoms with Gasteiger partial charge in [0.2, 0.25) is 0 Å². The van der Waals surface area contributed by atoms with E-state index < -0.39 is 0 Å². The van der Waals surface area contributed by atoms with Gasteiger partial charge in [-0.3, -0.25) is 0 Å². The summed E-state index contributed by atoms with van der Waals surface area (Å²) < 4.78 is 0. The first-order valence-electron chi connectivity index (χ1n) is 8.17. The molecule has 1 aromatic carbocycles. The minimum atomic E-state index is 0.214. The molecule has 20 heavy (non-hydrogen) atoms. The zero-order valence-electron chi connectivity index (χ0n) is 13.2. The van der Waals surface area contributed by atoms with Gasteiger partial charge in [-0.25, -0.2) is 0 Å². The molecular weight excluding hydrogens is 262 g/mol. The second-order valence-electron chi connectivity index (χ2n) is 5.64. The number of hydrogen-bond donors (Lipinski definition) is 1. The van der Waals surface area contributed by atoms with Gasteiger partial charge in [0.05, 0.1) is 0 Å². The Morgan fingerprint density at radius 3 is 2.00 bits per heavy atom. The van der Waals surface area contributed by atoms with E-state index in [1.165, 1.54) is 61.8 Å². The lowest BCUT2D eigenvalue weighted by atomic mass is 10.0. The van der Waals surface area contributed by atoms with Gasteiger partial charge in [-0.1, -0.05) is 70.4 Å². The lowest BCUT2D eigenvalue weighted by Crippen LogP contribution is -2.09. The van der Waals surface area contributed by atoms with Gasteiger partial charge in [0.15, 0.2) is 0 Å². The van der Waals surface area contributed by atoms with Crippen LogP contribution < -0.4 is 5.73 Å². The maximum absolute atomic E-state index is 6.26. The summed E-state index contributed by atoms with van der Waals surface area (Å²) in [5.74, 6) is 0. The number of nitrogens with two attached hydrogens (primary N) is 1. The molecule has 1 unspecified atom stereocenters. The van der Waals surface area contributed by atoms with E-state index in [9.17, 15) is 0 Å². The molecule has 2 N–H and O–H groups in total. The summed E-state index contributed by atoms with van der Waals surface area (Å²) in [5.41, 5.74) is 7.54. The third-order valence-electron chi connectivity index (χ3n) is 3.91. The Labute approximate surface area is 129 Å². The topological polar surface area (TPSA) is 26.0 Å². The second kappa shape index (κ2) is 11.2. The molecule has 0 aliphatic carbocycles. The molecule has 0 bridgehead atoms. The summed E-state index contributed by atoms with van der Waals surface area (Å²) in [6.07, 6.45) is 14.2.